The van der Waals surface area contributed by atoms with Crippen LogP contribution in [0.1, 0.15) is 75.0 Å². The summed E-state index contributed by atoms with van der Waals surface area (Å²) in [5.41, 5.74) is 9.05. The van der Waals surface area contributed by atoms with Crippen LogP contribution in [-0.4, -0.2) is 34.7 Å². The number of fused-ring (bicyclic) bond motifs is 2. The highest BCUT2D eigenvalue weighted by Crippen LogP contribution is 2.45. The van der Waals surface area contributed by atoms with Gasteiger partial charge in [-0.15, -0.1) is 22.7 Å². The Hall–Kier alpha value is -7.80. The zero-order valence-corrected chi connectivity index (χ0v) is 38.5. The number of carbonyl (C=O) groups is 4. The second-order valence-electron chi connectivity index (χ2n) is 15.4. The summed E-state index contributed by atoms with van der Waals surface area (Å²) in [6.07, 6.45) is 5.90. The molecule has 0 atom stereocenters. The van der Waals surface area contributed by atoms with Gasteiger partial charge in [0.1, 0.15) is 32.8 Å². The van der Waals surface area contributed by atoms with Crippen LogP contribution in [0.15, 0.2) is 122 Å². The van der Waals surface area contributed by atoms with Crippen molar-refractivity contribution in [1.29, 1.82) is 0 Å². The molecule has 0 radical (unpaired) electrons. The Labute approximate surface area is 389 Å². The van der Waals surface area contributed by atoms with Crippen molar-refractivity contribution in [2.45, 2.75) is 41.5 Å². The van der Waals surface area contributed by atoms with Crippen LogP contribution >= 0.6 is 22.7 Å². The van der Waals surface area contributed by atoms with Crippen molar-refractivity contribution < 1.29 is 48.3 Å². The molecule has 0 aliphatic rings. The van der Waals surface area contributed by atoms with E-state index >= 15 is 0 Å². The van der Waals surface area contributed by atoms with E-state index in [9.17, 15) is 29.4 Å². The van der Waals surface area contributed by atoms with E-state index in [1.54, 1.807) is 72.8 Å². The first-order chi connectivity index (χ1) is 31.8. The number of ether oxygens (including phenoxy) is 4. The molecular formula is C54H44O10S2. The minimum absolute atomic E-state index is 0.105. The lowest BCUT2D eigenvalue weighted by Gasteiger charge is -2.12. The Morgan fingerprint density at radius 3 is 1.42 bits per heavy atom. The van der Waals surface area contributed by atoms with E-state index in [4.69, 9.17) is 9.47 Å². The summed E-state index contributed by atoms with van der Waals surface area (Å²) in [5, 5.41) is 21.4. The smallest absolute Gasteiger partial charge is 0.297 e. The normalized spacial score (nSPS) is 11.1. The molecule has 332 valence electrons. The van der Waals surface area contributed by atoms with E-state index in [0.29, 0.717) is 56.8 Å². The van der Waals surface area contributed by atoms with Crippen molar-refractivity contribution in [1.82, 2.24) is 0 Å². The van der Waals surface area contributed by atoms with Gasteiger partial charge in [0.2, 0.25) is 11.6 Å². The van der Waals surface area contributed by atoms with Crippen molar-refractivity contribution in [2.24, 2.45) is 0 Å². The van der Waals surface area contributed by atoms with E-state index < -0.39 is 0 Å². The third-order valence-electron chi connectivity index (χ3n) is 10.9. The minimum Gasteiger partial charge on any atom is -0.508 e. The Morgan fingerprint density at radius 1 is 0.515 bits per heavy atom. The minimum atomic E-state index is -0.114. The summed E-state index contributed by atoms with van der Waals surface area (Å²) in [4.78, 5) is 48.8. The molecule has 8 rings (SSSR count). The molecule has 6 aromatic carbocycles. The van der Waals surface area contributed by atoms with Gasteiger partial charge in [-0.25, -0.2) is 0 Å². The average molecular weight is 917 g/mol. The number of phenolic OH excluding ortho intramolecular Hbond substituents is 2. The first kappa shape index (κ1) is 46.2. The van der Waals surface area contributed by atoms with Crippen LogP contribution in [0.25, 0.3) is 32.3 Å². The monoisotopic (exact) mass is 916 g/mol. The second kappa shape index (κ2) is 20.4. The van der Waals surface area contributed by atoms with E-state index in [1.807, 2.05) is 90.1 Å². The molecule has 0 aliphatic carbocycles. The lowest BCUT2D eigenvalue weighted by molar-refractivity contribution is -0.124. The fourth-order valence-corrected chi connectivity index (χ4v) is 9.66. The SMILES string of the molecule is Cc1cc(C)c(C(=O)c2sc3cc(O)ccc3c2Oc2ccc(/C=C/OC=O)cc2)c(C)c1.Cc1ccc(C(=O)c2sc3cc(O)ccc3c2Oc2ccc(/C=C/OC=O)cc2)c(C)c1C. The highest BCUT2D eigenvalue weighted by molar-refractivity contribution is 7.22. The molecule has 2 N–H and O–H groups in total. The summed E-state index contributed by atoms with van der Waals surface area (Å²) in [5.74, 6) is 2.08. The maximum atomic E-state index is 13.7. The quantitative estimate of drug-likeness (QED) is 0.0614. The number of phenols is 2. The fourth-order valence-electron chi connectivity index (χ4n) is 7.43. The van der Waals surface area contributed by atoms with Gasteiger partial charge >= 0.3 is 0 Å². The van der Waals surface area contributed by atoms with Crippen LogP contribution < -0.4 is 9.47 Å². The molecule has 10 nitrogen and oxygen atoms in total. The summed E-state index contributed by atoms with van der Waals surface area (Å²) >= 11 is 2.60. The third-order valence-corrected chi connectivity index (χ3v) is 13.1. The van der Waals surface area contributed by atoms with E-state index in [1.165, 1.54) is 35.2 Å². The van der Waals surface area contributed by atoms with Gasteiger partial charge in [-0.3, -0.25) is 19.2 Å². The Kier molecular flexibility index (Phi) is 14.3. The summed E-state index contributed by atoms with van der Waals surface area (Å²) in [6, 6.07) is 32.1. The molecule has 12 heteroatoms. The molecular weight excluding hydrogens is 873 g/mol. The zero-order chi connectivity index (χ0) is 47.1. The number of thiophene rings is 2. The largest absolute Gasteiger partial charge is 0.508 e. The first-order valence-electron chi connectivity index (χ1n) is 20.6. The highest BCUT2D eigenvalue weighted by Gasteiger charge is 2.26. The molecule has 0 saturated carbocycles. The molecule has 0 spiro atoms. The Bertz CT molecular complexity index is 3170. The van der Waals surface area contributed by atoms with Crippen molar-refractivity contribution in [3.05, 3.63) is 187 Å². The van der Waals surface area contributed by atoms with E-state index in [2.05, 4.69) is 9.47 Å². The van der Waals surface area contributed by atoms with Crippen molar-refractivity contribution in [3.8, 4) is 34.5 Å². The number of rotatable bonds is 14. The van der Waals surface area contributed by atoms with Gasteiger partial charge in [0, 0.05) is 31.3 Å². The molecule has 2 heterocycles. The van der Waals surface area contributed by atoms with Gasteiger partial charge < -0.3 is 29.2 Å². The average Bonchev–Trinajstić information content (AvgIpc) is 3.83. The molecule has 0 amide bonds. The standard InChI is InChI=1S/2C27H22O5S/c1-16-4-10-22(18(3)17(16)2)25(30)27-26(23-11-7-20(29)14-24(23)33-27)32-21-8-5-19(6-9-21)12-13-31-15-28;1-16-12-17(2)24(18(3)13-16)25(30)27-26(22-9-6-20(29)14-23(22)33-27)32-21-7-4-19(5-8-21)10-11-31-15-28/h2*4-15,29H,1-3H3/b13-12+;11-10+. The van der Waals surface area contributed by atoms with Gasteiger partial charge in [-0.1, -0.05) is 54.1 Å². The van der Waals surface area contributed by atoms with Gasteiger partial charge in [0.05, 0.1) is 12.5 Å². The molecule has 0 unspecified atom stereocenters. The summed E-state index contributed by atoms with van der Waals surface area (Å²) in [7, 11) is 0. The summed E-state index contributed by atoms with van der Waals surface area (Å²) in [6.45, 7) is 12.6. The first-order valence-corrected chi connectivity index (χ1v) is 22.2. The van der Waals surface area contributed by atoms with Crippen LogP contribution in [0, 0.1) is 41.5 Å². The lowest BCUT2D eigenvalue weighted by atomic mass is 9.95. The lowest BCUT2D eigenvalue weighted by Crippen LogP contribution is -2.06. The maximum absolute atomic E-state index is 13.7. The number of benzene rings is 6. The molecule has 66 heavy (non-hydrogen) atoms. The molecule has 0 saturated heterocycles. The number of aromatic hydroxyl groups is 2. The number of ketones is 2. The van der Waals surface area contributed by atoms with Crippen LogP contribution in [0.3, 0.4) is 0 Å². The topological polar surface area (TPSA) is 146 Å². The molecule has 2 aromatic heterocycles. The van der Waals surface area contributed by atoms with Crippen molar-refractivity contribution in [3.63, 3.8) is 0 Å². The van der Waals surface area contributed by atoms with Gasteiger partial charge in [-0.05, 0) is 153 Å². The predicted molar refractivity (Wildman–Crippen MR) is 261 cm³/mol. The van der Waals surface area contributed by atoms with Crippen LogP contribution in [0.2, 0.25) is 0 Å². The van der Waals surface area contributed by atoms with Gasteiger partial charge in [-0.2, -0.15) is 0 Å². The van der Waals surface area contributed by atoms with Crippen molar-refractivity contribution in [2.75, 3.05) is 0 Å². The molecule has 0 bridgehead atoms. The number of hydrogen-bond donors (Lipinski definition) is 2. The number of hydrogen-bond acceptors (Lipinski definition) is 12. The van der Waals surface area contributed by atoms with Gasteiger partial charge in [0.15, 0.2) is 11.5 Å². The van der Waals surface area contributed by atoms with Crippen molar-refractivity contribution >= 4 is 79.5 Å². The Morgan fingerprint density at radius 2 is 0.970 bits per heavy atom. The van der Waals surface area contributed by atoms with E-state index in [-0.39, 0.29) is 23.1 Å². The third kappa shape index (κ3) is 10.3. The Balaban J connectivity index is 0.000000196. The molecule has 0 aliphatic heterocycles. The summed E-state index contributed by atoms with van der Waals surface area (Å²) < 4.78 is 23.1. The van der Waals surface area contributed by atoms with Gasteiger partial charge in [0.25, 0.3) is 12.9 Å². The maximum Gasteiger partial charge on any atom is 0.297 e. The molecule has 8 aromatic rings. The predicted octanol–water partition coefficient (Wildman–Crippen LogP) is 13.4. The van der Waals surface area contributed by atoms with Crippen LogP contribution in [0.5, 0.6) is 34.5 Å². The molecule has 0 fully saturated rings. The number of aryl methyl sites for hydroxylation is 4. The number of carbonyl (C=O) groups excluding carboxylic acids is 4. The van der Waals surface area contributed by atoms with Crippen LogP contribution in [-0.2, 0) is 19.1 Å². The van der Waals surface area contributed by atoms with Crippen LogP contribution in [0.4, 0.5) is 0 Å². The second-order valence-corrected chi connectivity index (χ2v) is 17.5. The highest BCUT2D eigenvalue weighted by atomic mass is 32.1. The zero-order valence-electron chi connectivity index (χ0n) is 36.8. The van der Waals surface area contributed by atoms with E-state index in [0.717, 1.165) is 64.7 Å². The fraction of sp³-hybridized carbons (Fsp3) is 0.111.